The number of anilines is 1. The second-order valence-corrected chi connectivity index (χ2v) is 6.69. The fourth-order valence-corrected chi connectivity index (χ4v) is 3.68. The molecule has 0 saturated carbocycles. The van der Waals surface area contributed by atoms with Gasteiger partial charge in [0.1, 0.15) is 10.6 Å². The SMILES string of the molecule is CCN(CC)S(=O)(=O)c1ccccc1N/C(=C/C(=O)OC)C(=O)OC. The summed E-state index contributed by atoms with van der Waals surface area (Å²) < 4.78 is 35.9. The van der Waals surface area contributed by atoms with E-state index in [1.54, 1.807) is 26.0 Å². The number of carbonyl (C=O) groups is 2. The van der Waals surface area contributed by atoms with Crippen molar-refractivity contribution in [3.05, 3.63) is 36.0 Å². The maximum Gasteiger partial charge on any atom is 0.354 e. The van der Waals surface area contributed by atoms with Gasteiger partial charge in [-0.1, -0.05) is 26.0 Å². The molecule has 0 atom stereocenters. The second kappa shape index (κ2) is 9.19. The number of para-hydroxylation sites is 1. The van der Waals surface area contributed by atoms with Crippen LogP contribution in [0.1, 0.15) is 13.8 Å². The number of ether oxygens (including phenoxy) is 2. The van der Waals surface area contributed by atoms with Crippen molar-refractivity contribution < 1.29 is 27.5 Å². The third-order valence-corrected chi connectivity index (χ3v) is 5.46. The van der Waals surface area contributed by atoms with Crippen molar-refractivity contribution in [2.75, 3.05) is 32.6 Å². The Labute approximate surface area is 147 Å². The third-order valence-electron chi connectivity index (χ3n) is 3.35. The summed E-state index contributed by atoms with van der Waals surface area (Å²) in [5.74, 6) is -1.61. The minimum Gasteiger partial charge on any atom is -0.466 e. The number of hydrogen-bond donors (Lipinski definition) is 1. The quantitative estimate of drug-likeness (QED) is 0.544. The van der Waals surface area contributed by atoms with Crippen molar-refractivity contribution >= 4 is 27.6 Å². The highest BCUT2D eigenvalue weighted by molar-refractivity contribution is 7.89. The van der Waals surface area contributed by atoms with E-state index < -0.39 is 22.0 Å². The molecular weight excluding hydrogens is 348 g/mol. The average molecular weight is 370 g/mol. The lowest BCUT2D eigenvalue weighted by Gasteiger charge is -2.21. The van der Waals surface area contributed by atoms with Crippen LogP contribution in [0.5, 0.6) is 0 Å². The standard InChI is InChI=1S/C16H22N2O6S/c1-5-18(6-2)25(21,22)14-10-8-7-9-12(14)17-13(16(20)24-4)11-15(19)23-3/h7-11,17H,5-6H2,1-4H3/b13-11+. The summed E-state index contributed by atoms with van der Waals surface area (Å²) >= 11 is 0. The van der Waals surface area contributed by atoms with E-state index >= 15 is 0 Å². The molecule has 0 radical (unpaired) electrons. The number of esters is 2. The van der Waals surface area contributed by atoms with E-state index in [2.05, 4.69) is 14.8 Å². The molecule has 1 N–H and O–H groups in total. The van der Waals surface area contributed by atoms with E-state index in [4.69, 9.17) is 0 Å². The number of sulfonamides is 1. The molecule has 138 valence electrons. The van der Waals surface area contributed by atoms with Crippen molar-refractivity contribution in [2.45, 2.75) is 18.7 Å². The summed E-state index contributed by atoms with van der Waals surface area (Å²) in [7, 11) is -1.46. The van der Waals surface area contributed by atoms with E-state index in [-0.39, 0.29) is 16.3 Å². The molecule has 8 nitrogen and oxygen atoms in total. The van der Waals surface area contributed by atoms with Crippen LogP contribution >= 0.6 is 0 Å². The molecule has 0 aliphatic rings. The Bertz CT molecular complexity index is 754. The van der Waals surface area contributed by atoms with Crippen LogP contribution in [0, 0.1) is 0 Å². The molecule has 0 bridgehead atoms. The molecule has 0 aromatic heterocycles. The molecular formula is C16H22N2O6S. The number of methoxy groups -OCH3 is 2. The Kier molecular flexibility index (Phi) is 7.59. The molecule has 1 rings (SSSR count). The Morgan fingerprint density at radius 1 is 1.12 bits per heavy atom. The van der Waals surface area contributed by atoms with Crippen LogP contribution in [0.4, 0.5) is 5.69 Å². The van der Waals surface area contributed by atoms with Gasteiger partial charge in [-0.2, -0.15) is 4.31 Å². The number of hydrogen-bond acceptors (Lipinski definition) is 7. The second-order valence-electron chi connectivity index (χ2n) is 4.78. The molecule has 9 heteroatoms. The molecule has 0 spiro atoms. The first-order valence-corrected chi connectivity index (χ1v) is 8.99. The number of nitrogens with zero attached hydrogens (tertiary/aromatic N) is 1. The van der Waals surface area contributed by atoms with Crippen LogP contribution in [-0.4, -0.2) is 52.0 Å². The largest absolute Gasteiger partial charge is 0.466 e. The topological polar surface area (TPSA) is 102 Å². The van der Waals surface area contributed by atoms with Gasteiger partial charge in [0, 0.05) is 13.1 Å². The number of nitrogens with one attached hydrogen (secondary N) is 1. The molecule has 25 heavy (non-hydrogen) atoms. The minimum absolute atomic E-state index is 0.0154. The van der Waals surface area contributed by atoms with Gasteiger partial charge >= 0.3 is 11.9 Å². The van der Waals surface area contributed by atoms with Crippen LogP contribution in [-0.2, 0) is 29.1 Å². The maximum atomic E-state index is 12.8. The molecule has 0 aliphatic carbocycles. The maximum absolute atomic E-state index is 12.8. The molecule has 0 heterocycles. The molecule has 0 unspecified atom stereocenters. The lowest BCUT2D eigenvalue weighted by atomic mass is 10.3. The van der Waals surface area contributed by atoms with Gasteiger partial charge in [-0.25, -0.2) is 18.0 Å². The zero-order valence-electron chi connectivity index (χ0n) is 14.6. The lowest BCUT2D eigenvalue weighted by molar-refractivity contribution is -0.138. The average Bonchev–Trinajstić information content (AvgIpc) is 2.61. The first-order valence-electron chi connectivity index (χ1n) is 7.55. The van der Waals surface area contributed by atoms with Crippen molar-refractivity contribution in [2.24, 2.45) is 0 Å². The van der Waals surface area contributed by atoms with Gasteiger partial charge in [-0.3, -0.25) is 0 Å². The van der Waals surface area contributed by atoms with E-state index in [0.717, 1.165) is 20.3 Å². The van der Waals surface area contributed by atoms with Crippen molar-refractivity contribution in [3.8, 4) is 0 Å². The predicted molar refractivity (Wildman–Crippen MR) is 92.3 cm³/mol. The fraction of sp³-hybridized carbons (Fsp3) is 0.375. The van der Waals surface area contributed by atoms with E-state index in [1.165, 1.54) is 16.4 Å². The first kappa shape index (κ1) is 20.7. The Morgan fingerprint density at radius 3 is 2.24 bits per heavy atom. The summed E-state index contributed by atoms with van der Waals surface area (Å²) in [5, 5.41) is 2.65. The Hall–Kier alpha value is -2.39. The monoisotopic (exact) mass is 370 g/mol. The van der Waals surface area contributed by atoms with Crippen LogP contribution in [0.3, 0.4) is 0 Å². The van der Waals surface area contributed by atoms with Gasteiger partial charge in [0.2, 0.25) is 10.0 Å². The van der Waals surface area contributed by atoms with Crippen molar-refractivity contribution in [1.82, 2.24) is 4.31 Å². The van der Waals surface area contributed by atoms with Gasteiger partial charge in [0.15, 0.2) is 0 Å². The highest BCUT2D eigenvalue weighted by Crippen LogP contribution is 2.25. The number of benzene rings is 1. The predicted octanol–water partition coefficient (Wildman–Crippen LogP) is 1.36. The van der Waals surface area contributed by atoms with E-state index in [9.17, 15) is 18.0 Å². The summed E-state index contributed by atoms with van der Waals surface area (Å²) in [6.07, 6.45) is 0.895. The zero-order chi connectivity index (χ0) is 19.0. The molecule has 0 aliphatic heterocycles. The smallest absolute Gasteiger partial charge is 0.354 e. The normalized spacial score (nSPS) is 12.0. The Balaban J connectivity index is 3.37. The molecule has 1 aromatic carbocycles. The van der Waals surface area contributed by atoms with Gasteiger partial charge in [0.25, 0.3) is 0 Å². The molecule has 1 aromatic rings. The van der Waals surface area contributed by atoms with Crippen LogP contribution in [0.15, 0.2) is 40.9 Å². The van der Waals surface area contributed by atoms with Crippen molar-refractivity contribution in [3.63, 3.8) is 0 Å². The van der Waals surface area contributed by atoms with E-state index in [1.807, 2.05) is 0 Å². The fourth-order valence-electron chi connectivity index (χ4n) is 2.08. The molecule has 0 fully saturated rings. The zero-order valence-corrected chi connectivity index (χ0v) is 15.4. The number of carbonyl (C=O) groups excluding carboxylic acids is 2. The van der Waals surface area contributed by atoms with Crippen molar-refractivity contribution in [1.29, 1.82) is 0 Å². The molecule has 0 saturated heterocycles. The van der Waals surface area contributed by atoms with Gasteiger partial charge in [-0.05, 0) is 12.1 Å². The van der Waals surface area contributed by atoms with Gasteiger partial charge < -0.3 is 14.8 Å². The Morgan fingerprint density at radius 2 is 1.72 bits per heavy atom. The van der Waals surface area contributed by atoms with Crippen LogP contribution < -0.4 is 5.32 Å². The third kappa shape index (κ3) is 5.04. The van der Waals surface area contributed by atoms with Crippen LogP contribution in [0.2, 0.25) is 0 Å². The van der Waals surface area contributed by atoms with Crippen LogP contribution in [0.25, 0.3) is 0 Å². The summed E-state index contributed by atoms with van der Waals surface area (Å²) in [4.78, 5) is 23.3. The van der Waals surface area contributed by atoms with Gasteiger partial charge in [0.05, 0.1) is 26.0 Å². The minimum atomic E-state index is -3.77. The highest BCUT2D eigenvalue weighted by Gasteiger charge is 2.25. The van der Waals surface area contributed by atoms with E-state index in [0.29, 0.717) is 13.1 Å². The first-order chi connectivity index (χ1) is 11.8. The number of rotatable bonds is 8. The van der Waals surface area contributed by atoms with Gasteiger partial charge in [-0.15, -0.1) is 0 Å². The summed E-state index contributed by atoms with van der Waals surface area (Å²) in [5.41, 5.74) is -0.0912. The summed E-state index contributed by atoms with van der Waals surface area (Å²) in [6, 6.07) is 6.09. The summed E-state index contributed by atoms with van der Waals surface area (Å²) in [6.45, 7) is 4.06. The highest BCUT2D eigenvalue weighted by atomic mass is 32.2. The molecule has 0 amide bonds. The lowest BCUT2D eigenvalue weighted by Crippen LogP contribution is -2.31.